The molecule has 0 saturated carbocycles. The third kappa shape index (κ3) is 5.73. The van der Waals surface area contributed by atoms with Gasteiger partial charge in [0.1, 0.15) is 6.61 Å². The highest BCUT2D eigenvalue weighted by Crippen LogP contribution is 2.62. The van der Waals surface area contributed by atoms with Gasteiger partial charge in [-0.3, -0.25) is 9.88 Å². The second-order valence-electron chi connectivity index (χ2n) is 5.77. The van der Waals surface area contributed by atoms with E-state index < -0.39 is 37.7 Å². The predicted octanol–water partition coefficient (Wildman–Crippen LogP) is 4.20. The van der Waals surface area contributed by atoms with E-state index in [0.717, 1.165) is 0 Å². The summed E-state index contributed by atoms with van der Waals surface area (Å²) in [6.07, 6.45) is -4.04. The third-order valence-electron chi connectivity index (χ3n) is 3.73. The number of alkyl halides is 3. The van der Waals surface area contributed by atoms with Crippen LogP contribution in [0.15, 0.2) is 30.3 Å². The lowest BCUT2D eigenvalue weighted by Gasteiger charge is -2.37. The van der Waals surface area contributed by atoms with E-state index in [1.807, 2.05) is 0 Å². The Labute approximate surface area is 155 Å². The second-order valence-corrected chi connectivity index (χ2v) is 7.79. The van der Waals surface area contributed by atoms with Crippen molar-refractivity contribution in [2.75, 3.05) is 0 Å². The van der Waals surface area contributed by atoms with Crippen LogP contribution in [0.4, 0.5) is 18.0 Å². The van der Waals surface area contributed by atoms with Gasteiger partial charge in [-0.15, -0.1) is 12.3 Å². The van der Waals surface area contributed by atoms with Gasteiger partial charge < -0.3 is 14.2 Å². The molecule has 0 aromatic heterocycles. The summed E-state index contributed by atoms with van der Waals surface area (Å²) in [4.78, 5) is 22.0. The van der Waals surface area contributed by atoms with Crippen molar-refractivity contribution in [3.63, 3.8) is 0 Å². The molecule has 0 bridgehead atoms. The minimum Gasteiger partial charge on any atom is -0.445 e. The fraction of sp³-hybridized carbons (Fsp3) is 0.471. The molecule has 1 aromatic rings. The molecule has 0 fully saturated rings. The van der Waals surface area contributed by atoms with Crippen LogP contribution in [0.25, 0.3) is 0 Å². The Morgan fingerprint density at radius 3 is 2.44 bits per heavy atom. The van der Waals surface area contributed by atoms with Gasteiger partial charge in [-0.25, -0.2) is 4.79 Å². The Morgan fingerprint density at radius 1 is 1.37 bits per heavy atom. The molecular weight excluding hydrogens is 386 g/mol. The number of ether oxygens (including phenoxy) is 1. The molecule has 1 rings (SSSR count). The Balaban J connectivity index is 3.12. The van der Waals surface area contributed by atoms with Gasteiger partial charge >= 0.3 is 19.9 Å². The molecule has 1 aromatic carbocycles. The van der Waals surface area contributed by atoms with Crippen LogP contribution in [0.3, 0.4) is 0 Å². The molecule has 0 aliphatic carbocycles. The maximum atomic E-state index is 13.8. The molecule has 0 saturated heterocycles. The first-order valence-electron chi connectivity index (χ1n) is 7.99. The molecule has 0 aliphatic heterocycles. The average molecular weight is 407 g/mol. The summed E-state index contributed by atoms with van der Waals surface area (Å²) in [6.45, 7) is 2.55. The zero-order valence-corrected chi connectivity index (χ0v) is 15.7. The van der Waals surface area contributed by atoms with Crippen LogP contribution in [0.1, 0.15) is 32.3 Å². The Kier molecular flexibility index (Phi) is 7.90. The molecule has 2 N–H and O–H groups in total. The second kappa shape index (κ2) is 9.27. The molecule has 3 unspecified atom stereocenters. The minimum absolute atomic E-state index is 0.174. The van der Waals surface area contributed by atoms with Crippen LogP contribution >= 0.6 is 7.60 Å². The Hall–Kier alpha value is -2.01. The molecule has 6 nitrogen and oxygen atoms in total. The average Bonchev–Trinajstić information content (AvgIpc) is 2.58. The molecule has 0 heterocycles. The maximum Gasteiger partial charge on any atom is 0.424 e. The quantitative estimate of drug-likeness (QED) is 0.499. The van der Waals surface area contributed by atoms with Gasteiger partial charge in [-0.1, -0.05) is 37.3 Å². The highest BCUT2D eigenvalue weighted by Gasteiger charge is 2.68. The summed E-state index contributed by atoms with van der Waals surface area (Å²) < 4.78 is 63.2. The molecule has 0 radical (unpaired) electrons. The van der Waals surface area contributed by atoms with Crippen molar-refractivity contribution in [3.8, 4) is 12.3 Å². The van der Waals surface area contributed by atoms with Crippen LogP contribution in [0.5, 0.6) is 0 Å². The number of hydrogen-bond donors (Lipinski definition) is 2. The minimum atomic E-state index is -5.47. The molecule has 0 aliphatic rings. The molecule has 0 spiro atoms. The standard InChI is InChI=1S/C17H21F3NO5P/c1-4-11-16(17(18,19)20,27(23,24)26-13(3)5-2)21-15(22)25-12-14-9-7-6-8-10-14/h1,6-10,13H,5,11-12H2,2-3H3,(H,21,22)(H,23,24). The van der Waals surface area contributed by atoms with E-state index in [1.165, 1.54) is 12.2 Å². The highest BCUT2D eigenvalue weighted by atomic mass is 31.2. The van der Waals surface area contributed by atoms with Gasteiger partial charge in [0.15, 0.2) is 0 Å². The Morgan fingerprint density at radius 2 is 1.96 bits per heavy atom. The summed E-state index contributed by atoms with van der Waals surface area (Å²) in [7, 11) is -5.47. The van der Waals surface area contributed by atoms with Crippen LogP contribution in [0.2, 0.25) is 0 Å². The van der Waals surface area contributed by atoms with E-state index in [9.17, 15) is 27.4 Å². The molecule has 10 heteroatoms. The molecule has 150 valence electrons. The lowest BCUT2D eigenvalue weighted by atomic mass is 10.2. The molecular formula is C17H21F3NO5P. The largest absolute Gasteiger partial charge is 0.445 e. The summed E-state index contributed by atoms with van der Waals surface area (Å²) in [5.74, 6) is 1.69. The SMILES string of the molecule is C#CCC(NC(=O)OCc1ccccc1)(C(F)(F)F)P(=O)(O)OC(C)CC. The fourth-order valence-corrected chi connectivity index (χ4v) is 3.69. The number of hydrogen-bond acceptors (Lipinski definition) is 4. The van der Waals surface area contributed by atoms with Crippen LogP contribution < -0.4 is 5.32 Å². The predicted molar refractivity (Wildman–Crippen MR) is 92.7 cm³/mol. The normalized spacial score (nSPS) is 17.1. The summed E-state index contributed by atoms with van der Waals surface area (Å²) in [5, 5.41) is -2.24. The first kappa shape index (κ1) is 23.0. The van der Waals surface area contributed by atoms with Crippen molar-refractivity contribution >= 4 is 13.7 Å². The molecule has 3 atom stereocenters. The number of halogens is 3. The Bertz CT molecular complexity index is 720. The van der Waals surface area contributed by atoms with E-state index in [0.29, 0.717) is 5.56 Å². The van der Waals surface area contributed by atoms with Gasteiger partial charge in [0, 0.05) is 0 Å². The smallest absolute Gasteiger partial charge is 0.424 e. The number of amides is 1. The number of nitrogens with one attached hydrogen (secondary N) is 1. The van der Waals surface area contributed by atoms with Gasteiger partial charge in [-0.05, 0) is 18.9 Å². The van der Waals surface area contributed by atoms with E-state index >= 15 is 0 Å². The zero-order valence-electron chi connectivity index (χ0n) is 14.8. The van der Waals surface area contributed by atoms with Crippen molar-refractivity contribution in [2.24, 2.45) is 0 Å². The first-order valence-corrected chi connectivity index (χ1v) is 9.57. The van der Waals surface area contributed by atoms with Gasteiger partial charge in [0.25, 0.3) is 5.28 Å². The van der Waals surface area contributed by atoms with Crippen molar-refractivity contribution in [1.82, 2.24) is 5.32 Å². The van der Waals surface area contributed by atoms with Crippen molar-refractivity contribution in [3.05, 3.63) is 35.9 Å². The number of alkyl carbamates (subject to hydrolysis) is 1. The third-order valence-corrected chi connectivity index (χ3v) is 5.86. The summed E-state index contributed by atoms with van der Waals surface area (Å²) in [5.41, 5.74) is 0.519. The van der Waals surface area contributed by atoms with Crippen molar-refractivity contribution in [2.45, 2.75) is 50.9 Å². The molecule has 1 amide bonds. The van der Waals surface area contributed by atoms with E-state index in [4.69, 9.17) is 15.7 Å². The van der Waals surface area contributed by atoms with Crippen molar-refractivity contribution < 1.29 is 36.7 Å². The van der Waals surface area contributed by atoms with Crippen LogP contribution in [-0.4, -0.2) is 28.5 Å². The number of carbonyl (C=O) groups is 1. The monoisotopic (exact) mass is 407 g/mol. The van der Waals surface area contributed by atoms with E-state index in [1.54, 1.807) is 43.2 Å². The fourth-order valence-electron chi connectivity index (χ4n) is 2.03. The number of benzene rings is 1. The zero-order chi connectivity index (χ0) is 20.7. The van der Waals surface area contributed by atoms with Gasteiger partial charge in [-0.2, -0.15) is 13.2 Å². The number of rotatable bonds is 8. The summed E-state index contributed by atoms with van der Waals surface area (Å²) in [6, 6.07) is 8.19. The highest BCUT2D eigenvalue weighted by molar-refractivity contribution is 7.54. The van der Waals surface area contributed by atoms with Gasteiger partial charge in [0.05, 0.1) is 12.5 Å². The van der Waals surface area contributed by atoms with Crippen LogP contribution in [-0.2, 0) is 20.4 Å². The van der Waals surface area contributed by atoms with Crippen LogP contribution in [0, 0.1) is 12.3 Å². The number of carbonyl (C=O) groups excluding carboxylic acids is 1. The lowest BCUT2D eigenvalue weighted by molar-refractivity contribution is -0.173. The van der Waals surface area contributed by atoms with E-state index in [2.05, 4.69) is 0 Å². The topological polar surface area (TPSA) is 84.9 Å². The summed E-state index contributed by atoms with van der Waals surface area (Å²) >= 11 is 0. The van der Waals surface area contributed by atoms with Crippen molar-refractivity contribution in [1.29, 1.82) is 0 Å². The van der Waals surface area contributed by atoms with E-state index in [-0.39, 0.29) is 13.0 Å². The first-order chi connectivity index (χ1) is 12.5. The van der Waals surface area contributed by atoms with Gasteiger partial charge in [0.2, 0.25) is 0 Å². The maximum absolute atomic E-state index is 13.8. The lowest BCUT2D eigenvalue weighted by Crippen LogP contribution is -2.58. The number of terminal acetylenes is 1. The molecule has 27 heavy (non-hydrogen) atoms.